The molecular weight excluding hydrogens is 318 g/mol. The Morgan fingerprint density at radius 1 is 1.04 bits per heavy atom. The van der Waals surface area contributed by atoms with Crippen molar-refractivity contribution in [2.45, 2.75) is 6.61 Å². The lowest BCUT2D eigenvalue weighted by atomic mass is 10.1. The molecule has 0 fully saturated rings. The van der Waals surface area contributed by atoms with Crippen LogP contribution in [-0.2, 0) is 0 Å². The predicted octanol–water partition coefficient (Wildman–Crippen LogP) is 3.24. The molecule has 1 N–H and O–H groups in total. The first-order chi connectivity index (χ1) is 11.4. The molecule has 0 bridgehead atoms. The number of carbonyl (C=O) groups is 2. The lowest BCUT2D eigenvalue weighted by Gasteiger charge is -2.11. The zero-order chi connectivity index (χ0) is 17.7. The molecule has 0 heterocycles. The summed E-state index contributed by atoms with van der Waals surface area (Å²) >= 11 is 0. The van der Waals surface area contributed by atoms with Crippen molar-refractivity contribution in [2.75, 3.05) is 19.4 Å². The van der Waals surface area contributed by atoms with Crippen LogP contribution in [0.5, 0.6) is 5.75 Å². The summed E-state index contributed by atoms with van der Waals surface area (Å²) in [6.45, 7) is -2.95. The smallest absolute Gasteiger partial charge is 0.387 e. The van der Waals surface area contributed by atoms with Gasteiger partial charge >= 0.3 is 6.61 Å². The molecule has 0 saturated heterocycles. The second-order valence-electron chi connectivity index (χ2n) is 5.14. The zero-order valence-corrected chi connectivity index (χ0v) is 13.1. The molecule has 2 rings (SSSR count). The van der Waals surface area contributed by atoms with Gasteiger partial charge in [-0.1, -0.05) is 6.07 Å². The molecule has 0 radical (unpaired) electrons. The number of amides is 2. The first-order valence-corrected chi connectivity index (χ1v) is 7.05. The zero-order valence-electron chi connectivity index (χ0n) is 13.1. The van der Waals surface area contributed by atoms with Crippen molar-refractivity contribution in [3.05, 3.63) is 59.7 Å². The van der Waals surface area contributed by atoms with Gasteiger partial charge in [-0.25, -0.2) is 0 Å². The van der Waals surface area contributed by atoms with E-state index in [-0.39, 0.29) is 17.2 Å². The predicted molar refractivity (Wildman–Crippen MR) is 85.5 cm³/mol. The Hall–Kier alpha value is -2.96. The maximum atomic E-state index is 12.2. The summed E-state index contributed by atoms with van der Waals surface area (Å²) in [5.41, 5.74) is 1.16. The maximum absolute atomic E-state index is 12.2. The minimum absolute atomic E-state index is 0.0930. The van der Waals surface area contributed by atoms with Gasteiger partial charge in [0.25, 0.3) is 11.8 Å². The van der Waals surface area contributed by atoms with Crippen LogP contribution >= 0.6 is 0 Å². The van der Waals surface area contributed by atoms with Gasteiger partial charge in [0, 0.05) is 30.9 Å². The molecule has 0 spiro atoms. The van der Waals surface area contributed by atoms with Crippen LogP contribution in [0.4, 0.5) is 14.5 Å². The summed E-state index contributed by atoms with van der Waals surface area (Å²) in [4.78, 5) is 25.4. The highest BCUT2D eigenvalue weighted by Crippen LogP contribution is 2.18. The highest BCUT2D eigenvalue weighted by Gasteiger charge is 2.11. The molecule has 0 aliphatic carbocycles. The van der Waals surface area contributed by atoms with Gasteiger partial charge in [-0.2, -0.15) is 8.78 Å². The second kappa shape index (κ2) is 7.54. The molecule has 126 valence electrons. The largest absolute Gasteiger partial charge is 0.435 e. The fourth-order valence-electron chi connectivity index (χ4n) is 1.97. The van der Waals surface area contributed by atoms with Crippen molar-refractivity contribution in [3.63, 3.8) is 0 Å². The molecule has 2 aromatic carbocycles. The topological polar surface area (TPSA) is 58.6 Å². The van der Waals surface area contributed by atoms with Crippen LogP contribution in [0.2, 0.25) is 0 Å². The Balaban J connectivity index is 2.08. The van der Waals surface area contributed by atoms with Crippen LogP contribution < -0.4 is 10.1 Å². The number of alkyl halides is 2. The van der Waals surface area contributed by atoms with E-state index < -0.39 is 12.5 Å². The van der Waals surface area contributed by atoms with E-state index in [2.05, 4.69) is 10.1 Å². The van der Waals surface area contributed by atoms with Crippen molar-refractivity contribution in [3.8, 4) is 5.75 Å². The third kappa shape index (κ3) is 4.52. The summed E-state index contributed by atoms with van der Waals surface area (Å²) in [6, 6.07) is 11.9. The van der Waals surface area contributed by atoms with Crippen LogP contribution in [0.15, 0.2) is 48.5 Å². The number of hydrogen-bond acceptors (Lipinski definition) is 3. The summed E-state index contributed by atoms with van der Waals surface area (Å²) in [7, 11) is 3.29. The molecule has 5 nitrogen and oxygen atoms in total. The van der Waals surface area contributed by atoms with Crippen LogP contribution in [0.25, 0.3) is 0 Å². The number of nitrogens with one attached hydrogen (secondary N) is 1. The maximum Gasteiger partial charge on any atom is 0.387 e. The fraction of sp³-hybridized carbons (Fsp3) is 0.176. The van der Waals surface area contributed by atoms with E-state index >= 15 is 0 Å². The number of hydrogen-bond donors (Lipinski definition) is 1. The van der Waals surface area contributed by atoms with Crippen molar-refractivity contribution < 1.29 is 23.1 Å². The SMILES string of the molecule is CN(C)C(=O)c1ccc(NC(=O)c2cccc(OC(F)F)c2)cc1. The van der Waals surface area contributed by atoms with Crippen molar-refractivity contribution in [1.82, 2.24) is 4.90 Å². The number of nitrogens with zero attached hydrogens (tertiary/aromatic N) is 1. The normalized spacial score (nSPS) is 10.4. The number of ether oxygens (including phenoxy) is 1. The number of benzene rings is 2. The molecule has 0 aliphatic heterocycles. The summed E-state index contributed by atoms with van der Waals surface area (Å²) < 4.78 is 28.7. The standard InChI is InChI=1S/C17H16F2N2O3/c1-21(2)16(23)11-6-8-13(9-7-11)20-15(22)12-4-3-5-14(10-12)24-17(18)19/h3-10,17H,1-2H3,(H,20,22). The van der Waals surface area contributed by atoms with Crippen LogP contribution in [0.3, 0.4) is 0 Å². The van der Waals surface area contributed by atoms with Gasteiger partial charge in [0.15, 0.2) is 0 Å². The van der Waals surface area contributed by atoms with E-state index in [0.717, 1.165) is 0 Å². The third-order valence-electron chi connectivity index (χ3n) is 3.12. The van der Waals surface area contributed by atoms with Gasteiger partial charge in [-0.05, 0) is 42.5 Å². The lowest BCUT2D eigenvalue weighted by molar-refractivity contribution is -0.0498. The minimum atomic E-state index is -2.95. The Labute approximate surface area is 137 Å². The highest BCUT2D eigenvalue weighted by molar-refractivity contribution is 6.04. The van der Waals surface area contributed by atoms with Crippen molar-refractivity contribution in [1.29, 1.82) is 0 Å². The number of halogens is 2. The average Bonchev–Trinajstić information content (AvgIpc) is 2.54. The van der Waals surface area contributed by atoms with E-state index in [4.69, 9.17) is 0 Å². The summed E-state index contributed by atoms with van der Waals surface area (Å²) in [5.74, 6) is -0.712. The van der Waals surface area contributed by atoms with Gasteiger partial charge in [-0.15, -0.1) is 0 Å². The Morgan fingerprint density at radius 2 is 1.71 bits per heavy atom. The highest BCUT2D eigenvalue weighted by atomic mass is 19.3. The molecule has 24 heavy (non-hydrogen) atoms. The molecule has 0 unspecified atom stereocenters. The van der Waals surface area contributed by atoms with E-state index in [1.165, 1.54) is 29.2 Å². The first kappa shape index (κ1) is 17.4. The van der Waals surface area contributed by atoms with Crippen LogP contribution in [-0.4, -0.2) is 37.4 Å². The quantitative estimate of drug-likeness (QED) is 0.913. The van der Waals surface area contributed by atoms with Gasteiger partial charge in [0.1, 0.15) is 5.75 Å². The Morgan fingerprint density at radius 3 is 2.29 bits per heavy atom. The molecule has 0 atom stereocenters. The third-order valence-corrected chi connectivity index (χ3v) is 3.12. The average molecular weight is 334 g/mol. The van der Waals surface area contributed by atoms with Gasteiger partial charge < -0.3 is 15.0 Å². The number of carbonyl (C=O) groups excluding carboxylic acids is 2. The molecule has 2 aromatic rings. The first-order valence-electron chi connectivity index (χ1n) is 7.05. The fourth-order valence-corrected chi connectivity index (χ4v) is 1.97. The molecule has 0 aliphatic rings. The van der Waals surface area contributed by atoms with Gasteiger partial charge in [0.05, 0.1) is 0 Å². The van der Waals surface area contributed by atoms with Crippen molar-refractivity contribution in [2.24, 2.45) is 0 Å². The Kier molecular flexibility index (Phi) is 5.47. The summed E-state index contributed by atoms with van der Waals surface area (Å²) in [5, 5.41) is 2.63. The van der Waals surface area contributed by atoms with Crippen LogP contribution in [0, 0.1) is 0 Å². The van der Waals surface area contributed by atoms with E-state index in [0.29, 0.717) is 11.3 Å². The second-order valence-corrected chi connectivity index (χ2v) is 5.14. The van der Waals surface area contributed by atoms with Crippen molar-refractivity contribution >= 4 is 17.5 Å². The minimum Gasteiger partial charge on any atom is -0.435 e. The summed E-state index contributed by atoms with van der Waals surface area (Å²) in [6.07, 6.45) is 0. The molecule has 2 amide bonds. The van der Waals surface area contributed by atoms with Crippen LogP contribution in [0.1, 0.15) is 20.7 Å². The molecule has 7 heteroatoms. The van der Waals surface area contributed by atoms with E-state index in [1.54, 1.807) is 38.4 Å². The molecular formula is C17H16F2N2O3. The van der Waals surface area contributed by atoms with Gasteiger partial charge in [-0.3, -0.25) is 9.59 Å². The number of rotatable bonds is 5. The van der Waals surface area contributed by atoms with E-state index in [9.17, 15) is 18.4 Å². The van der Waals surface area contributed by atoms with Gasteiger partial charge in [0.2, 0.25) is 0 Å². The molecule has 0 saturated carbocycles. The Bertz CT molecular complexity index is 731. The monoisotopic (exact) mass is 334 g/mol. The number of anilines is 1. The molecule has 0 aromatic heterocycles. The lowest BCUT2D eigenvalue weighted by Crippen LogP contribution is -2.21. The van der Waals surface area contributed by atoms with E-state index in [1.807, 2.05) is 0 Å².